The number of imidazole rings is 2. The molecule has 0 fully saturated rings. The number of carbonyl (C=O) groups is 1. The van der Waals surface area contributed by atoms with Gasteiger partial charge in [-0.1, -0.05) is 12.1 Å². The summed E-state index contributed by atoms with van der Waals surface area (Å²) in [6.07, 6.45) is 6.35. The number of amides is 1. The van der Waals surface area contributed by atoms with Crippen LogP contribution in [0.3, 0.4) is 0 Å². The molecule has 3 aromatic carbocycles. The van der Waals surface area contributed by atoms with E-state index < -0.39 is 10.8 Å². The van der Waals surface area contributed by atoms with Gasteiger partial charge in [0.25, 0.3) is 11.6 Å². The number of anilines is 1. The van der Waals surface area contributed by atoms with Crippen LogP contribution in [0.2, 0.25) is 0 Å². The molecule has 0 atom stereocenters. The summed E-state index contributed by atoms with van der Waals surface area (Å²) in [5, 5.41) is 14.3. The van der Waals surface area contributed by atoms with Crippen LogP contribution in [0, 0.1) is 10.1 Å². The van der Waals surface area contributed by atoms with E-state index in [1.807, 2.05) is 41.0 Å². The van der Waals surface area contributed by atoms with E-state index in [1.54, 1.807) is 30.7 Å². The highest BCUT2D eigenvalue weighted by molar-refractivity contribution is 6.05. The molecule has 0 radical (unpaired) electrons. The molecule has 2 aromatic heterocycles. The first-order valence-corrected chi connectivity index (χ1v) is 9.71. The van der Waals surface area contributed by atoms with E-state index in [4.69, 9.17) is 0 Å². The Morgan fingerprint density at radius 3 is 2.56 bits per heavy atom. The normalized spacial score (nSPS) is 10.9. The highest BCUT2D eigenvalue weighted by atomic mass is 16.6. The summed E-state index contributed by atoms with van der Waals surface area (Å²) in [4.78, 5) is 32.0. The van der Waals surface area contributed by atoms with Crippen molar-refractivity contribution in [2.24, 2.45) is 0 Å². The van der Waals surface area contributed by atoms with Crippen molar-refractivity contribution in [2.75, 3.05) is 5.32 Å². The van der Waals surface area contributed by atoms with Crippen molar-refractivity contribution < 1.29 is 9.72 Å². The maximum atomic E-state index is 12.7. The van der Waals surface area contributed by atoms with Gasteiger partial charge >= 0.3 is 0 Å². The van der Waals surface area contributed by atoms with Crippen LogP contribution < -0.4 is 5.32 Å². The van der Waals surface area contributed by atoms with Crippen LogP contribution in [0.5, 0.6) is 0 Å². The molecule has 156 valence electrons. The second kappa shape index (κ2) is 7.80. The summed E-state index contributed by atoms with van der Waals surface area (Å²) in [6.45, 7) is 0. The van der Waals surface area contributed by atoms with Gasteiger partial charge in [-0.3, -0.25) is 19.5 Å². The molecule has 1 N–H and O–H groups in total. The van der Waals surface area contributed by atoms with Crippen molar-refractivity contribution in [1.82, 2.24) is 19.1 Å². The van der Waals surface area contributed by atoms with Crippen LogP contribution in [0.25, 0.3) is 22.4 Å². The second-order valence-corrected chi connectivity index (χ2v) is 7.03. The number of nitrogens with zero attached hydrogens (tertiary/aromatic N) is 5. The number of hydrogen-bond donors (Lipinski definition) is 1. The van der Waals surface area contributed by atoms with Crippen molar-refractivity contribution >= 4 is 28.3 Å². The van der Waals surface area contributed by atoms with Crippen molar-refractivity contribution in [2.45, 2.75) is 0 Å². The minimum atomic E-state index is -0.518. The third-order valence-corrected chi connectivity index (χ3v) is 5.07. The predicted octanol–water partition coefficient (Wildman–Crippen LogP) is 4.37. The zero-order valence-electron chi connectivity index (χ0n) is 16.6. The first-order valence-electron chi connectivity index (χ1n) is 9.71. The molecular weight excluding hydrogens is 408 g/mol. The number of para-hydroxylation sites is 2. The molecule has 0 saturated carbocycles. The highest BCUT2D eigenvalue weighted by Gasteiger charge is 2.19. The lowest BCUT2D eigenvalue weighted by molar-refractivity contribution is -0.384. The number of nitrogens with one attached hydrogen (secondary N) is 1. The van der Waals surface area contributed by atoms with Gasteiger partial charge in [0.1, 0.15) is 12.0 Å². The average Bonchev–Trinajstić information content (AvgIpc) is 3.49. The fraction of sp³-hybridized carbons (Fsp3) is 0. The number of nitro benzene ring substituents is 1. The largest absolute Gasteiger partial charge is 0.322 e. The van der Waals surface area contributed by atoms with Gasteiger partial charge in [0.05, 0.1) is 22.3 Å². The molecule has 32 heavy (non-hydrogen) atoms. The number of aromatic nitrogens is 4. The predicted molar refractivity (Wildman–Crippen MR) is 119 cm³/mol. The van der Waals surface area contributed by atoms with Crippen molar-refractivity contribution in [3.8, 4) is 11.4 Å². The fourth-order valence-corrected chi connectivity index (χ4v) is 3.50. The molecule has 5 rings (SSSR count). The Bertz CT molecular complexity index is 1440. The molecule has 0 saturated heterocycles. The summed E-state index contributed by atoms with van der Waals surface area (Å²) < 4.78 is 3.48. The van der Waals surface area contributed by atoms with E-state index in [2.05, 4.69) is 15.3 Å². The molecule has 0 aliphatic heterocycles. The number of hydrogen-bond acceptors (Lipinski definition) is 5. The Labute approximate surface area is 181 Å². The van der Waals surface area contributed by atoms with E-state index in [0.29, 0.717) is 11.4 Å². The van der Waals surface area contributed by atoms with Crippen LogP contribution >= 0.6 is 0 Å². The van der Waals surface area contributed by atoms with Crippen molar-refractivity contribution in [1.29, 1.82) is 0 Å². The third kappa shape index (κ3) is 3.47. The van der Waals surface area contributed by atoms with Gasteiger partial charge in [0, 0.05) is 35.4 Å². The average molecular weight is 424 g/mol. The quantitative estimate of drug-likeness (QED) is 0.333. The molecule has 9 heteroatoms. The Morgan fingerprint density at radius 2 is 1.81 bits per heavy atom. The number of carbonyl (C=O) groups excluding carboxylic acids is 1. The van der Waals surface area contributed by atoms with E-state index >= 15 is 0 Å². The summed E-state index contributed by atoms with van der Waals surface area (Å²) >= 11 is 0. The number of fused-ring (bicyclic) bond motifs is 1. The molecule has 1 amide bonds. The Morgan fingerprint density at radius 1 is 1.00 bits per heavy atom. The van der Waals surface area contributed by atoms with E-state index in [9.17, 15) is 14.9 Å². The van der Waals surface area contributed by atoms with Crippen molar-refractivity contribution in [3.63, 3.8) is 0 Å². The van der Waals surface area contributed by atoms with Crippen LogP contribution in [0.15, 0.2) is 91.8 Å². The molecule has 2 heterocycles. The summed E-state index contributed by atoms with van der Waals surface area (Å²) in [6, 6.07) is 19.4. The molecule has 0 bridgehead atoms. The van der Waals surface area contributed by atoms with Gasteiger partial charge < -0.3 is 9.88 Å². The summed E-state index contributed by atoms with van der Waals surface area (Å²) in [5.41, 5.74) is 3.69. The molecule has 0 unspecified atom stereocenters. The van der Waals surface area contributed by atoms with Gasteiger partial charge in [0.2, 0.25) is 0 Å². The number of rotatable bonds is 5. The summed E-state index contributed by atoms with van der Waals surface area (Å²) in [5.74, 6) is -0.439. The Kier molecular flexibility index (Phi) is 4.68. The minimum Gasteiger partial charge on any atom is -0.322 e. The van der Waals surface area contributed by atoms with Gasteiger partial charge in [-0.05, 0) is 48.5 Å². The maximum absolute atomic E-state index is 12.7. The fourth-order valence-electron chi connectivity index (χ4n) is 3.50. The van der Waals surface area contributed by atoms with E-state index in [-0.39, 0.29) is 11.3 Å². The maximum Gasteiger partial charge on any atom is 0.294 e. The smallest absolute Gasteiger partial charge is 0.294 e. The van der Waals surface area contributed by atoms with Gasteiger partial charge in [-0.15, -0.1) is 0 Å². The lowest BCUT2D eigenvalue weighted by Gasteiger charge is -2.09. The van der Waals surface area contributed by atoms with Crippen LogP contribution in [0.4, 0.5) is 11.4 Å². The molecule has 5 aromatic rings. The van der Waals surface area contributed by atoms with Crippen LogP contribution in [-0.4, -0.2) is 29.9 Å². The highest BCUT2D eigenvalue weighted by Crippen LogP contribution is 2.25. The minimum absolute atomic E-state index is 0.182. The zero-order chi connectivity index (χ0) is 22.1. The molecular formula is C23H16N6O3. The lowest BCUT2D eigenvalue weighted by Crippen LogP contribution is -2.13. The first kappa shape index (κ1) is 19.2. The third-order valence-electron chi connectivity index (χ3n) is 5.07. The number of benzene rings is 3. The zero-order valence-corrected chi connectivity index (χ0v) is 16.6. The molecule has 9 nitrogen and oxygen atoms in total. The SMILES string of the molecule is O=C(Nc1ccc(-n2cnc3ccccc32)cc1)c1ccc(-n2ccnc2)c([N+](=O)[O-])c1. The monoisotopic (exact) mass is 424 g/mol. The standard InChI is InChI=1S/C23H16N6O3/c30-23(16-5-10-21(22(13-16)29(31)32)27-12-11-24-14-27)26-17-6-8-18(9-7-17)28-15-25-19-3-1-2-4-20(19)28/h1-15H,(H,26,30). The molecule has 0 aliphatic rings. The van der Waals surface area contributed by atoms with E-state index in [0.717, 1.165) is 16.7 Å². The first-order chi connectivity index (χ1) is 15.6. The lowest BCUT2D eigenvalue weighted by atomic mass is 10.1. The molecule has 0 aliphatic carbocycles. The van der Waals surface area contributed by atoms with Crippen molar-refractivity contribution in [3.05, 3.63) is 107 Å². The Balaban J connectivity index is 1.38. The number of nitro groups is 1. The van der Waals surface area contributed by atoms with E-state index in [1.165, 1.54) is 29.2 Å². The Hall–Kier alpha value is -4.79. The second-order valence-electron chi connectivity index (χ2n) is 7.03. The summed E-state index contributed by atoms with van der Waals surface area (Å²) in [7, 11) is 0. The topological polar surface area (TPSA) is 108 Å². The van der Waals surface area contributed by atoms with Gasteiger partial charge in [-0.2, -0.15) is 0 Å². The van der Waals surface area contributed by atoms with Crippen LogP contribution in [0.1, 0.15) is 10.4 Å². The van der Waals surface area contributed by atoms with Gasteiger partial charge in [-0.25, -0.2) is 9.97 Å². The van der Waals surface area contributed by atoms with Gasteiger partial charge in [0.15, 0.2) is 0 Å². The molecule has 0 spiro atoms. The van der Waals surface area contributed by atoms with Crippen LogP contribution in [-0.2, 0) is 0 Å².